The second-order valence-corrected chi connectivity index (χ2v) is 3.92. The van der Waals surface area contributed by atoms with Crippen LogP contribution in [-0.2, 0) is 9.84 Å². The standard InChI is InChI=1S/C7H6O2S/c1-10(8,9)7-5-3-2-4-6-7/h2-3,5H,1H3. The van der Waals surface area contributed by atoms with Gasteiger partial charge in [-0.1, -0.05) is 12.1 Å². The van der Waals surface area contributed by atoms with E-state index in [1.807, 2.05) is 0 Å². The predicted molar refractivity (Wildman–Crippen MR) is 37.2 cm³/mol. The van der Waals surface area contributed by atoms with Crippen LogP contribution in [0.2, 0.25) is 0 Å². The summed E-state index contributed by atoms with van der Waals surface area (Å²) in [6.45, 7) is 0. The maximum absolute atomic E-state index is 10.8. The molecular formula is C7H6O2S. The Morgan fingerprint density at radius 1 is 1.50 bits per heavy atom. The van der Waals surface area contributed by atoms with Crippen LogP contribution in [0.4, 0.5) is 0 Å². The zero-order valence-corrected chi connectivity index (χ0v) is 6.27. The number of hydrogen-bond donors (Lipinski definition) is 0. The normalized spacial score (nSPS) is 10.5. The quantitative estimate of drug-likeness (QED) is 0.596. The Balaban J connectivity index is 3.22. The van der Waals surface area contributed by atoms with Gasteiger partial charge in [-0.15, -0.1) is 0 Å². The van der Waals surface area contributed by atoms with Crippen molar-refractivity contribution < 1.29 is 8.42 Å². The lowest BCUT2D eigenvalue weighted by Gasteiger charge is -1.89. The van der Waals surface area contributed by atoms with E-state index in [0.29, 0.717) is 0 Å². The van der Waals surface area contributed by atoms with Crippen molar-refractivity contribution in [2.24, 2.45) is 0 Å². The van der Waals surface area contributed by atoms with Crippen LogP contribution >= 0.6 is 0 Å². The first-order valence-corrected chi connectivity index (χ1v) is 4.58. The topological polar surface area (TPSA) is 34.1 Å². The second kappa shape index (κ2) is 2.31. The fraction of sp³-hybridized carbons (Fsp3) is 0.143. The van der Waals surface area contributed by atoms with E-state index in [9.17, 15) is 8.42 Å². The van der Waals surface area contributed by atoms with Gasteiger partial charge in [-0.3, -0.25) is 0 Å². The average molecular weight is 154 g/mol. The summed E-state index contributed by atoms with van der Waals surface area (Å²) in [4.78, 5) is 0.190. The van der Waals surface area contributed by atoms with E-state index < -0.39 is 9.84 Å². The molecule has 0 N–H and O–H groups in total. The number of hydrogen-bond acceptors (Lipinski definition) is 2. The van der Waals surface area contributed by atoms with Crippen molar-refractivity contribution in [1.29, 1.82) is 0 Å². The monoisotopic (exact) mass is 154 g/mol. The third-order valence-corrected chi connectivity index (χ3v) is 2.06. The molecule has 0 saturated carbocycles. The molecule has 0 bridgehead atoms. The van der Waals surface area contributed by atoms with Crippen molar-refractivity contribution in [3.05, 3.63) is 30.3 Å². The highest BCUT2D eigenvalue weighted by Crippen LogP contribution is 2.01. The molecule has 0 amide bonds. The Bertz CT molecular complexity index is 300. The van der Waals surface area contributed by atoms with Gasteiger partial charge >= 0.3 is 0 Å². The van der Waals surface area contributed by atoms with Gasteiger partial charge in [-0.25, -0.2) is 8.42 Å². The molecule has 2 nitrogen and oxygen atoms in total. The average Bonchev–Trinajstić information content (AvgIpc) is 1.88. The number of rotatable bonds is 1. The minimum atomic E-state index is -3.09. The number of sulfone groups is 1. The molecule has 10 heavy (non-hydrogen) atoms. The molecule has 0 saturated heterocycles. The van der Waals surface area contributed by atoms with E-state index in [1.54, 1.807) is 12.1 Å². The zero-order chi connectivity index (χ0) is 7.61. The Kier molecular flexibility index (Phi) is 1.64. The van der Waals surface area contributed by atoms with E-state index in [-0.39, 0.29) is 4.90 Å². The van der Waals surface area contributed by atoms with Crippen LogP contribution in [0.5, 0.6) is 0 Å². The molecule has 0 radical (unpaired) electrons. The second-order valence-electron chi connectivity index (χ2n) is 1.93. The first kappa shape index (κ1) is 7.10. The fourth-order valence-electron chi connectivity index (χ4n) is 0.554. The molecule has 52 valence electrons. The van der Waals surface area contributed by atoms with Gasteiger partial charge in [0.2, 0.25) is 0 Å². The summed E-state index contributed by atoms with van der Waals surface area (Å²) >= 11 is 0. The van der Waals surface area contributed by atoms with Gasteiger partial charge < -0.3 is 0 Å². The van der Waals surface area contributed by atoms with Crippen molar-refractivity contribution in [1.82, 2.24) is 0 Å². The molecule has 0 aliphatic rings. The van der Waals surface area contributed by atoms with E-state index >= 15 is 0 Å². The smallest absolute Gasteiger partial charge is 0.183 e. The van der Waals surface area contributed by atoms with Crippen molar-refractivity contribution >= 4 is 9.84 Å². The first-order valence-electron chi connectivity index (χ1n) is 2.69. The Morgan fingerprint density at radius 2 is 2.20 bits per heavy atom. The summed E-state index contributed by atoms with van der Waals surface area (Å²) in [6, 6.07) is 9.77. The van der Waals surface area contributed by atoms with Crippen LogP contribution in [0.15, 0.2) is 23.1 Å². The molecular weight excluding hydrogens is 148 g/mol. The Hall–Kier alpha value is -1.01. The van der Waals surface area contributed by atoms with Crippen LogP contribution in [-0.4, -0.2) is 14.7 Å². The Labute approximate surface area is 60.4 Å². The Morgan fingerprint density at radius 3 is 2.50 bits per heavy atom. The summed E-state index contributed by atoms with van der Waals surface area (Å²) in [5.74, 6) is 0. The van der Waals surface area contributed by atoms with Gasteiger partial charge in [0.1, 0.15) is 4.90 Å². The summed E-state index contributed by atoms with van der Waals surface area (Å²) in [7, 11) is -3.09. The molecule has 0 aliphatic carbocycles. The fourth-order valence-corrected chi connectivity index (χ4v) is 1.12. The van der Waals surface area contributed by atoms with Crippen molar-refractivity contribution in [3.8, 4) is 0 Å². The summed E-state index contributed by atoms with van der Waals surface area (Å²) < 4.78 is 21.6. The van der Waals surface area contributed by atoms with Gasteiger partial charge in [0.15, 0.2) is 9.84 Å². The third-order valence-electron chi connectivity index (χ3n) is 1.02. The molecule has 0 unspecified atom stereocenters. The van der Waals surface area contributed by atoms with Gasteiger partial charge in [-0.2, -0.15) is 0 Å². The first-order chi connectivity index (χ1) is 4.61. The highest BCUT2D eigenvalue weighted by atomic mass is 32.2. The SMILES string of the molecule is CS(=O)(=O)c1c#cccc1. The largest absolute Gasteiger partial charge is 0.223 e. The molecule has 0 heterocycles. The van der Waals surface area contributed by atoms with Crippen LogP contribution in [0, 0.1) is 12.1 Å². The molecule has 0 atom stereocenters. The highest BCUT2D eigenvalue weighted by Gasteiger charge is 2.03. The van der Waals surface area contributed by atoms with Crippen LogP contribution in [0.3, 0.4) is 0 Å². The van der Waals surface area contributed by atoms with E-state index in [1.165, 1.54) is 6.07 Å². The lowest BCUT2D eigenvalue weighted by atomic mass is 10.4. The molecule has 1 aromatic rings. The van der Waals surface area contributed by atoms with E-state index in [0.717, 1.165) is 6.26 Å². The van der Waals surface area contributed by atoms with Gasteiger partial charge in [0, 0.05) is 6.26 Å². The minimum Gasteiger partial charge on any atom is -0.223 e. The van der Waals surface area contributed by atoms with Crippen LogP contribution < -0.4 is 0 Å². The van der Waals surface area contributed by atoms with E-state index in [2.05, 4.69) is 12.1 Å². The van der Waals surface area contributed by atoms with Crippen molar-refractivity contribution in [2.75, 3.05) is 6.26 Å². The molecule has 0 fully saturated rings. The molecule has 0 spiro atoms. The van der Waals surface area contributed by atoms with Crippen molar-refractivity contribution in [3.63, 3.8) is 0 Å². The highest BCUT2D eigenvalue weighted by molar-refractivity contribution is 7.90. The summed E-state index contributed by atoms with van der Waals surface area (Å²) in [5, 5.41) is 0. The predicted octanol–water partition coefficient (Wildman–Crippen LogP) is 0.690. The van der Waals surface area contributed by atoms with Crippen molar-refractivity contribution in [2.45, 2.75) is 4.90 Å². The third kappa shape index (κ3) is 1.49. The van der Waals surface area contributed by atoms with Crippen LogP contribution in [0.25, 0.3) is 0 Å². The lowest BCUT2D eigenvalue weighted by molar-refractivity contribution is 0.602. The van der Waals surface area contributed by atoms with Crippen LogP contribution in [0.1, 0.15) is 0 Å². The lowest BCUT2D eigenvalue weighted by Crippen LogP contribution is -1.94. The molecule has 0 aliphatic heterocycles. The maximum Gasteiger partial charge on any atom is 0.183 e. The molecule has 1 aromatic carbocycles. The minimum absolute atomic E-state index is 0.190. The van der Waals surface area contributed by atoms with Gasteiger partial charge in [-0.05, 0) is 18.2 Å². The van der Waals surface area contributed by atoms with Gasteiger partial charge in [0.25, 0.3) is 0 Å². The summed E-state index contributed by atoms with van der Waals surface area (Å²) in [5.41, 5.74) is 0. The maximum atomic E-state index is 10.8. The van der Waals surface area contributed by atoms with E-state index in [4.69, 9.17) is 0 Å². The molecule has 0 aromatic heterocycles. The zero-order valence-electron chi connectivity index (χ0n) is 5.46. The molecule has 1 rings (SSSR count). The van der Waals surface area contributed by atoms with Gasteiger partial charge in [0.05, 0.1) is 0 Å². The molecule has 3 heteroatoms. The summed E-state index contributed by atoms with van der Waals surface area (Å²) in [6.07, 6.45) is 1.15.